The topological polar surface area (TPSA) is 120 Å². The zero-order valence-electron chi connectivity index (χ0n) is 9.24. The molecule has 2 amide bonds. The van der Waals surface area contributed by atoms with E-state index in [1.165, 1.54) is 0 Å². The van der Waals surface area contributed by atoms with Crippen LogP contribution in [0, 0.1) is 0 Å². The van der Waals surface area contributed by atoms with Gasteiger partial charge >= 0.3 is 0 Å². The lowest BCUT2D eigenvalue weighted by Crippen LogP contribution is -2.48. The van der Waals surface area contributed by atoms with Crippen LogP contribution in [0.4, 0.5) is 0 Å². The van der Waals surface area contributed by atoms with Crippen LogP contribution in [0.1, 0.15) is 12.2 Å². The van der Waals surface area contributed by atoms with Crippen LogP contribution in [0.15, 0.2) is 6.33 Å². The van der Waals surface area contributed by atoms with E-state index >= 15 is 0 Å². The summed E-state index contributed by atoms with van der Waals surface area (Å²) in [5.41, 5.74) is 10.6. The number of amides is 2. The summed E-state index contributed by atoms with van der Waals surface area (Å²) >= 11 is 0. The summed E-state index contributed by atoms with van der Waals surface area (Å²) in [6.45, 7) is 1.54. The number of nitrogens with zero attached hydrogens (tertiary/aromatic N) is 4. The van der Waals surface area contributed by atoms with Gasteiger partial charge in [0.15, 0.2) is 5.82 Å². The first-order chi connectivity index (χ1) is 8.08. The molecule has 8 heteroatoms. The first-order valence-electron chi connectivity index (χ1n) is 5.27. The van der Waals surface area contributed by atoms with Crippen LogP contribution in [-0.2, 0) is 22.7 Å². The maximum absolute atomic E-state index is 11.9. The minimum atomic E-state index is -0.873. The van der Waals surface area contributed by atoms with Gasteiger partial charge in [-0.15, -0.1) is 10.2 Å². The van der Waals surface area contributed by atoms with Gasteiger partial charge in [-0.05, 0) is 0 Å². The number of carbonyl (C=O) groups is 2. The Labute approximate surface area is 97.6 Å². The molecule has 0 radical (unpaired) electrons. The standard InChI is InChI=1S/C9H14N6O2/c10-6(3-7(11)16)9(17)14-1-2-15-5-12-13-8(15)4-14/h5-6H,1-4,10H2,(H2,11,16). The molecule has 0 aliphatic carbocycles. The van der Waals surface area contributed by atoms with Crippen LogP contribution in [0.3, 0.4) is 0 Å². The van der Waals surface area contributed by atoms with Crippen molar-refractivity contribution < 1.29 is 9.59 Å². The molecular weight excluding hydrogens is 224 g/mol. The maximum Gasteiger partial charge on any atom is 0.240 e. The van der Waals surface area contributed by atoms with Gasteiger partial charge in [0.05, 0.1) is 19.0 Å². The van der Waals surface area contributed by atoms with Crippen LogP contribution in [0.25, 0.3) is 0 Å². The van der Waals surface area contributed by atoms with Crippen molar-refractivity contribution in [1.82, 2.24) is 19.7 Å². The molecule has 17 heavy (non-hydrogen) atoms. The molecule has 4 N–H and O–H groups in total. The average Bonchev–Trinajstić information content (AvgIpc) is 2.73. The highest BCUT2D eigenvalue weighted by Crippen LogP contribution is 2.10. The van der Waals surface area contributed by atoms with E-state index in [1.54, 1.807) is 11.2 Å². The zero-order valence-corrected chi connectivity index (χ0v) is 9.24. The molecule has 0 fully saturated rings. The molecular formula is C9H14N6O2. The Morgan fingerprint density at radius 3 is 2.94 bits per heavy atom. The van der Waals surface area contributed by atoms with Crippen molar-refractivity contribution in [2.75, 3.05) is 6.54 Å². The molecule has 1 aliphatic heterocycles. The summed E-state index contributed by atoms with van der Waals surface area (Å²) in [7, 11) is 0. The fraction of sp³-hybridized carbons (Fsp3) is 0.556. The molecule has 1 aromatic heterocycles. The van der Waals surface area contributed by atoms with Crippen LogP contribution in [0.2, 0.25) is 0 Å². The zero-order chi connectivity index (χ0) is 12.4. The first kappa shape index (κ1) is 11.5. The lowest BCUT2D eigenvalue weighted by molar-refractivity contribution is -0.136. The van der Waals surface area contributed by atoms with E-state index < -0.39 is 11.9 Å². The third kappa shape index (κ3) is 2.41. The monoisotopic (exact) mass is 238 g/mol. The molecule has 2 heterocycles. The number of aromatic nitrogens is 3. The van der Waals surface area contributed by atoms with E-state index in [0.29, 0.717) is 19.6 Å². The van der Waals surface area contributed by atoms with E-state index in [9.17, 15) is 9.59 Å². The Bertz CT molecular complexity index is 442. The largest absolute Gasteiger partial charge is 0.370 e. The van der Waals surface area contributed by atoms with Gasteiger partial charge in [0.2, 0.25) is 11.8 Å². The van der Waals surface area contributed by atoms with Gasteiger partial charge < -0.3 is 20.9 Å². The molecule has 1 unspecified atom stereocenters. The molecule has 92 valence electrons. The molecule has 1 aromatic rings. The minimum Gasteiger partial charge on any atom is -0.370 e. The summed E-state index contributed by atoms with van der Waals surface area (Å²) in [5.74, 6) is -0.139. The van der Waals surface area contributed by atoms with E-state index in [4.69, 9.17) is 11.5 Å². The number of hydrogen-bond acceptors (Lipinski definition) is 5. The van der Waals surface area contributed by atoms with E-state index in [0.717, 1.165) is 5.82 Å². The van der Waals surface area contributed by atoms with E-state index in [-0.39, 0.29) is 12.3 Å². The number of fused-ring (bicyclic) bond motifs is 1. The summed E-state index contributed by atoms with van der Waals surface area (Å²) in [4.78, 5) is 24.2. The van der Waals surface area contributed by atoms with Crippen molar-refractivity contribution in [2.24, 2.45) is 11.5 Å². The molecule has 1 atom stereocenters. The summed E-state index contributed by atoms with van der Waals surface area (Å²) in [6.07, 6.45) is 1.49. The summed E-state index contributed by atoms with van der Waals surface area (Å²) < 4.78 is 1.88. The fourth-order valence-electron chi connectivity index (χ4n) is 1.79. The van der Waals surface area contributed by atoms with Crippen molar-refractivity contribution >= 4 is 11.8 Å². The predicted molar refractivity (Wildman–Crippen MR) is 57.2 cm³/mol. The average molecular weight is 238 g/mol. The van der Waals surface area contributed by atoms with E-state index in [2.05, 4.69) is 10.2 Å². The highest BCUT2D eigenvalue weighted by molar-refractivity contribution is 5.87. The SMILES string of the molecule is NC(=O)CC(N)C(=O)N1CCn2cnnc2C1. The van der Waals surface area contributed by atoms with Crippen molar-refractivity contribution in [2.45, 2.75) is 25.6 Å². The second-order valence-corrected chi connectivity index (χ2v) is 3.98. The number of carbonyl (C=O) groups excluding carboxylic acids is 2. The lowest BCUT2D eigenvalue weighted by atomic mass is 10.1. The Morgan fingerprint density at radius 2 is 2.24 bits per heavy atom. The van der Waals surface area contributed by atoms with Crippen LogP contribution in [-0.4, -0.2) is 44.1 Å². The minimum absolute atomic E-state index is 0.137. The van der Waals surface area contributed by atoms with Gasteiger partial charge in [0.1, 0.15) is 6.33 Å². The quantitative estimate of drug-likeness (QED) is 0.620. The highest BCUT2D eigenvalue weighted by atomic mass is 16.2. The molecule has 2 rings (SSSR count). The normalized spacial score (nSPS) is 16.4. The molecule has 0 bridgehead atoms. The number of nitrogens with two attached hydrogens (primary N) is 2. The fourth-order valence-corrected chi connectivity index (χ4v) is 1.79. The molecule has 8 nitrogen and oxygen atoms in total. The Kier molecular flexibility index (Phi) is 3.05. The third-order valence-corrected chi connectivity index (χ3v) is 2.69. The van der Waals surface area contributed by atoms with Gasteiger partial charge in [0, 0.05) is 13.1 Å². The van der Waals surface area contributed by atoms with Gasteiger partial charge in [-0.25, -0.2) is 0 Å². The first-order valence-corrected chi connectivity index (χ1v) is 5.27. The van der Waals surface area contributed by atoms with Crippen molar-refractivity contribution in [3.05, 3.63) is 12.2 Å². The molecule has 0 saturated carbocycles. The highest BCUT2D eigenvalue weighted by Gasteiger charge is 2.26. The lowest BCUT2D eigenvalue weighted by Gasteiger charge is -2.28. The molecule has 0 aromatic carbocycles. The van der Waals surface area contributed by atoms with Gasteiger partial charge in [-0.2, -0.15) is 0 Å². The molecule has 1 aliphatic rings. The Morgan fingerprint density at radius 1 is 1.47 bits per heavy atom. The number of rotatable bonds is 3. The van der Waals surface area contributed by atoms with Gasteiger partial charge in [-0.1, -0.05) is 0 Å². The molecule has 0 saturated heterocycles. The van der Waals surface area contributed by atoms with Crippen LogP contribution >= 0.6 is 0 Å². The number of primary amides is 1. The van der Waals surface area contributed by atoms with Crippen LogP contribution in [0.5, 0.6) is 0 Å². The maximum atomic E-state index is 11.9. The van der Waals surface area contributed by atoms with Crippen molar-refractivity contribution in [1.29, 1.82) is 0 Å². The Hall–Kier alpha value is -1.96. The van der Waals surface area contributed by atoms with Crippen molar-refractivity contribution in [3.8, 4) is 0 Å². The van der Waals surface area contributed by atoms with Gasteiger partial charge in [0.25, 0.3) is 0 Å². The third-order valence-electron chi connectivity index (χ3n) is 2.69. The van der Waals surface area contributed by atoms with Crippen molar-refractivity contribution in [3.63, 3.8) is 0 Å². The Balaban J connectivity index is 2.00. The summed E-state index contributed by atoms with van der Waals surface area (Å²) in [6, 6.07) is -0.873. The second-order valence-electron chi connectivity index (χ2n) is 3.98. The smallest absolute Gasteiger partial charge is 0.240 e. The number of hydrogen-bond donors (Lipinski definition) is 2. The second kappa shape index (κ2) is 4.50. The predicted octanol–water partition coefficient (Wildman–Crippen LogP) is -2.18. The van der Waals surface area contributed by atoms with Crippen LogP contribution < -0.4 is 11.5 Å². The van der Waals surface area contributed by atoms with Gasteiger partial charge in [-0.3, -0.25) is 9.59 Å². The summed E-state index contributed by atoms with van der Waals surface area (Å²) in [5, 5.41) is 7.66. The van der Waals surface area contributed by atoms with E-state index in [1.807, 2.05) is 4.57 Å². The molecule has 0 spiro atoms.